The molecule has 11 heteroatoms. The van der Waals surface area contributed by atoms with Crippen molar-refractivity contribution in [3.05, 3.63) is 47.1 Å². The van der Waals surface area contributed by atoms with Gasteiger partial charge in [0, 0.05) is 52.0 Å². The van der Waals surface area contributed by atoms with Crippen molar-refractivity contribution in [1.82, 2.24) is 29.4 Å². The second kappa shape index (κ2) is 8.79. The summed E-state index contributed by atoms with van der Waals surface area (Å²) < 4.78 is 39.5. The van der Waals surface area contributed by atoms with Crippen molar-refractivity contribution < 1.29 is 18.4 Å². The van der Waals surface area contributed by atoms with Crippen LogP contribution in [0.25, 0.3) is 28.0 Å². The summed E-state index contributed by atoms with van der Waals surface area (Å²) in [5, 5.41) is 17.3. The van der Waals surface area contributed by atoms with Crippen LogP contribution in [-0.4, -0.2) is 46.6 Å². The van der Waals surface area contributed by atoms with Gasteiger partial charge in [-0.25, -0.2) is 14.2 Å². The van der Waals surface area contributed by atoms with Gasteiger partial charge in [-0.1, -0.05) is 6.07 Å². The molecular weight excluding hydrogens is 505 g/mol. The number of pyridine rings is 1. The van der Waals surface area contributed by atoms with E-state index in [1.807, 2.05) is 6.07 Å². The van der Waals surface area contributed by atoms with Gasteiger partial charge in [0.1, 0.15) is 5.82 Å². The molecule has 5 rings (SSSR count). The van der Waals surface area contributed by atoms with Gasteiger partial charge in [0.05, 0.1) is 28.3 Å². The molecule has 3 N–H and O–H groups in total. The number of nitrogen functional groups attached to an aromatic ring is 1. The Labute approximate surface area is 207 Å². The standard InChI is InChI=1S/C23H23BrFN7O2/c1-31-11-15(9-28-31)17-7-6-14(8-27-17)16-10-29-32-21(26)18(24)20(30-22(16)32)13-4-2-12(3-5-13)19(25)23(33)34/h6-13,19H,2-5,26H2,1H3,(H,33,34)/i1D3. The summed E-state index contributed by atoms with van der Waals surface area (Å²) in [6.45, 7) is -2.37. The number of hydrogen-bond acceptors (Lipinski definition) is 6. The molecule has 1 unspecified atom stereocenters. The first-order valence-corrected chi connectivity index (χ1v) is 11.6. The molecule has 9 nitrogen and oxygen atoms in total. The minimum atomic E-state index is -2.37. The average molecular weight is 531 g/mol. The molecule has 4 aromatic rings. The third kappa shape index (κ3) is 3.93. The number of rotatable bonds is 5. The minimum absolute atomic E-state index is 0.00284. The Morgan fingerprint density at radius 3 is 2.68 bits per heavy atom. The third-order valence-electron chi connectivity index (χ3n) is 6.41. The lowest BCUT2D eigenvalue weighted by molar-refractivity contribution is -0.145. The van der Waals surface area contributed by atoms with Crippen molar-refractivity contribution in [2.75, 3.05) is 5.73 Å². The van der Waals surface area contributed by atoms with E-state index in [0.29, 0.717) is 58.4 Å². The molecule has 0 spiro atoms. The fourth-order valence-electron chi connectivity index (χ4n) is 4.55. The Balaban J connectivity index is 1.44. The van der Waals surface area contributed by atoms with E-state index < -0.39 is 25.0 Å². The predicted octanol–water partition coefficient (Wildman–Crippen LogP) is 4.23. The smallest absolute Gasteiger partial charge is 0.338 e. The van der Waals surface area contributed by atoms with Crippen LogP contribution < -0.4 is 5.73 Å². The van der Waals surface area contributed by atoms with Crippen molar-refractivity contribution in [1.29, 1.82) is 0 Å². The quantitative estimate of drug-likeness (QED) is 0.395. The molecular formula is C23H23BrFN7O2. The van der Waals surface area contributed by atoms with Gasteiger partial charge in [0.25, 0.3) is 0 Å². The normalized spacial score (nSPS) is 21.1. The van der Waals surface area contributed by atoms with E-state index in [4.69, 9.17) is 19.9 Å². The molecule has 0 saturated heterocycles. The van der Waals surface area contributed by atoms with E-state index in [9.17, 15) is 9.18 Å². The zero-order valence-corrected chi connectivity index (χ0v) is 19.5. The number of carboxylic acid groups (broad SMARTS) is 1. The van der Waals surface area contributed by atoms with Crippen molar-refractivity contribution in [3.63, 3.8) is 0 Å². The van der Waals surface area contributed by atoms with Crippen LogP contribution in [0.3, 0.4) is 0 Å². The number of nitrogens with zero attached hydrogens (tertiary/aromatic N) is 6. The number of aromatic nitrogens is 6. The summed E-state index contributed by atoms with van der Waals surface area (Å²) in [7, 11) is 0. The molecule has 34 heavy (non-hydrogen) atoms. The maximum absolute atomic E-state index is 14.0. The maximum atomic E-state index is 14.0. The van der Waals surface area contributed by atoms with Gasteiger partial charge in [-0.3, -0.25) is 9.67 Å². The van der Waals surface area contributed by atoms with Crippen LogP contribution in [-0.2, 0) is 11.8 Å². The van der Waals surface area contributed by atoms with Crippen LogP contribution in [0, 0.1) is 5.92 Å². The van der Waals surface area contributed by atoms with Crippen molar-refractivity contribution in [3.8, 4) is 22.4 Å². The molecule has 1 atom stereocenters. The molecule has 176 valence electrons. The summed E-state index contributed by atoms with van der Waals surface area (Å²) >= 11 is 3.54. The fourth-order valence-corrected chi connectivity index (χ4v) is 5.13. The molecule has 1 saturated carbocycles. The van der Waals surface area contributed by atoms with Gasteiger partial charge >= 0.3 is 5.97 Å². The number of carboxylic acids is 1. The second-order valence-corrected chi connectivity index (χ2v) is 9.24. The fraction of sp³-hybridized carbons (Fsp3) is 0.348. The Morgan fingerprint density at radius 2 is 2.03 bits per heavy atom. The van der Waals surface area contributed by atoms with Crippen LogP contribution in [0.15, 0.2) is 41.4 Å². The number of anilines is 1. The number of aryl methyl sites for hydroxylation is 1. The van der Waals surface area contributed by atoms with Crippen LogP contribution in [0.5, 0.6) is 0 Å². The molecule has 0 radical (unpaired) electrons. The number of fused-ring (bicyclic) bond motifs is 1. The summed E-state index contributed by atoms with van der Waals surface area (Å²) in [4.78, 5) is 20.4. The highest BCUT2D eigenvalue weighted by molar-refractivity contribution is 9.10. The van der Waals surface area contributed by atoms with Gasteiger partial charge in [0.2, 0.25) is 0 Å². The summed E-state index contributed by atoms with van der Waals surface area (Å²) in [6, 6.07) is 3.60. The zero-order chi connectivity index (χ0) is 26.5. The van der Waals surface area contributed by atoms with Gasteiger partial charge in [-0.05, 0) is 47.7 Å². The van der Waals surface area contributed by atoms with Crippen LogP contribution in [0.1, 0.15) is 41.4 Å². The van der Waals surface area contributed by atoms with E-state index in [1.165, 1.54) is 16.9 Å². The van der Waals surface area contributed by atoms with E-state index in [2.05, 4.69) is 31.1 Å². The van der Waals surface area contributed by atoms with Gasteiger partial charge < -0.3 is 10.8 Å². The van der Waals surface area contributed by atoms with Crippen LogP contribution >= 0.6 is 15.9 Å². The largest absolute Gasteiger partial charge is 0.479 e. The lowest BCUT2D eigenvalue weighted by Gasteiger charge is -2.29. The monoisotopic (exact) mass is 530 g/mol. The third-order valence-corrected chi connectivity index (χ3v) is 7.22. The lowest BCUT2D eigenvalue weighted by Crippen LogP contribution is -2.28. The van der Waals surface area contributed by atoms with Gasteiger partial charge in [0.15, 0.2) is 11.8 Å². The predicted molar refractivity (Wildman–Crippen MR) is 128 cm³/mol. The first kappa shape index (κ1) is 19.0. The molecule has 0 aliphatic heterocycles. The number of aliphatic carboxylic acids is 1. The Hall–Kier alpha value is -3.34. The van der Waals surface area contributed by atoms with Crippen LogP contribution in [0.2, 0.25) is 0 Å². The minimum Gasteiger partial charge on any atom is -0.479 e. The molecule has 4 aromatic heterocycles. The Kier molecular flexibility index (Phi) is 4.91. The number of carbonyl (C=O) groups is 1. The molecule has 1 aliphatic rings. The first-order chi connectivity index (χ1) is 17.5. The first-order valence-electron chi connectivity index (χ1n) is 12.3. The van der Waals surface area contributed by atoms with E-state index in [1.54, 1.807) is 18.5 Å². The van der Waals surface area contributed by atoms with Crippen LogP contribution in [0.4, 0.5) is 10.2 Å². The number of halogens is 2. The van der Waals surface area contributed by atoms with Crippen molar-refractivity contribution >= 4 is 33.4 Å². The zero-order valence-electron chi connectivity index (χ0n) is 20.9. The van der Waals surface area contributed by atoms with Crippen molar-refractivity contribution in [2.24, 2.45) is 12.9 Å². The average Bonchev–Trinajstić information content (AvgIpc) is 3.54. The SMILES string of the molecule is [2H]C([2H])([2H])n1cc(-c2ccc(-c3cnn4c(N)c(Br)c(C5CCC(C(F)C(=O)O)CC5)nc34)cn2)cn1. The molecule has 1 aliphatic carbocycles. The van der Waals surface area contributed by atoms with E-state index >= 15 is 0 Å². The highest BCUT2D eigenvalue weighted by atomic mass is 79.9. The highest BCUT2D eigenvalue weighted by Gasteiger charge is 2.34. The second-order valence-electron chi connectivity index (χ2n) is 8.45. The van der Waals surface area contributed by atoms with Gasteiger partial charge in [-0.15, -0.1) is 0 Å². The molecule has 1 fully saturated rings. The van der Waals surface area contributed by atoms with Gasteiger partial charge in [-0.2, -0.15) is 14.7 Å². The highest BCUT2D eigenvalue weighted by Crippen LogP contribution is 2.41. The van der Waals surface area contributed by atoms with Crippen molar-refractivity contribution in [2.45, 2.75) is 37.8 Å². The topological polar surface area (TPSA) is 124 Å². The summed E-state index contributed by atoms with van der Waals surface area (Å²) in [6.07, 6.45) is 6.42. The van der Waals surface area contributed by atoms with E-state index in [0.717, 1.165) is 15.9 Å². The molecule has 0 amide bonds. The Bertz CT molecular complexity index is 1460. The number of hydrogen-bond donors (Lipinski definition) is 2. The van der Waals surface area contributed by atoms with E-state index in [-0.39, 0.29) is 5.92 Å². The molecule has 0 bridgehead atoms. The summed E-state index contributed by atoms with van der Waals surface area (Å²) in [5.74, 6) is -1.54. The Morgan fingerprint density at radius 1 is 1.24 bits per heavy atom. The maximum Gasteiger partial charge on any atom is 0.338 e. The lowest BCUT2D eigenvalue weighted by atomic mass is 9.78. The molecule has 0 aromatic carbocycles. The number of nitrogens with two attached hydrogens (primary N) is 1. The summed E-state index contributed by atoms with van der Waals surface area (Å²) in [5.41, 5.74) is 10.2. The molecule has 4 heterocycles. The number of alkyl halides is 1.